The number of rotatable bonds is 4. The van der Waals surface area contributed by atoms with E-state index in [0.29, 0.717) is 17.2 Å². The molecule has 130 valence electrons. The van der Waals surface area contributed by atoms with E-state index in [9.17, 15) is 9.59 Å². The monoisotopic (exact) mass is 341 g/mol. The summed E-state index contributed by atoms with van der Waals surface area (Å²) in [5, 5.41) is 2.74. The molecule has 0 unspecified atom stereocenters. The van der Waals surface area contributed by atoms with E-state index in [4.69, 9.17) is 14.2 Å². The molecule has 2 aromatic rings. The number of fused-ring (bicyclic) bond motifs is 1. The van der Waals surface area contributed by atoms with E-state index in [-0.39, 0.29) is 13.2 Å². The first kappa shape index (κ1) is 16.8. The Morgan fingerprint density at radius 1 is 1.16 bits per heavy atom. The molecule has 3 rings (SSSR count). The van der Waals surface area contributed by atoms with Gasteiger partial charge in [-0.2, -0.15) is 0 Å². The highest BCUT2D eigenvalue weighted by molar-refractivity contribution is 5.93. The molecule has 0 saturated carbocycles. The zero-order chi connectivity index (χ0) is 17.8. The molecule has 6 heteroatoms. The summed E-state index contributed by atoms with van der Waals surface area (Å²) in [6, 6.07) is 12.8. The number of carbonyl (C=O) groups excluding carboxylic acids is 2. The van der Waals surface area contributed by atoms with Gasteiger partial charge in [0, 0.05) is 5.69 Å². The zero-order valence-corrected chi connectivity index (χ0v) is 14.1. The van der Waals surface area contributed by atoms with Crippen LogP contribution >= 0.6 is 0 Å². The Bertz CT molecular complexity index is 802. The summed E-state index contributed by atoms with van der Waals surface area (Å²) in [5.41, 5.74) is 2.67. The van der Waals surface area contributed by atoms with Gasteiger partial charge in [-0.05, 0) is 43.2 Å². The van der Waals surface area contributed by atoms with Crippen LogP contribution in [0.2, 0.25) is 0 Å². The number of amides is 1. The second-order valence-electron chi connectivity index (χ2n) is 5.84. The summed E-state index contributed by atoms with van der Waals surface area (Å²) in [6.45, 7) is 3.50. The molecule has 1 amide bonds. The van der Waals surface area contributed by atoms with Crippen LogP contribution in [0.3, 0.4) is 0 Å². The first-order chi connectivity index (χ1) is 12.0. The predicted octanol–water partition coefficient (Wildman–Crippen LogP) is 2.63. The lowest BCUT2D eigenvalue weighted by molar-refractivity contribution is -0.156. The van der Waals surface area contributed by atoms with Gasteiger partial charge >= 0.3 is 5.97 Å². The van der Waals surface area contributed by atoms with Gasteiger partial charge in [0.05, 0.1) is 0 Å². The van der Waals surface area contributed by atoms with Crippen molar-refractivity contribution in [2.24, 2.45) is 0 Å². The Balaban J connectivity index is 1.52. The van der Waals surface area contributed by atoms with Crippen molar-refractivity contribution >= 4 is 17.6 Å². The smallest absolute Gasteiger partial charge is 0.351 e. The van der Waals surface area contributed by atoms with E-state index in [1.54, 1.807) is 18.2 Å². The number of esters is 1. The minimum Gasteiger partial charge on any atom is -0.485 e. The van der Waals surface area contributed by atoms with E-state index in [1.165, 1.54) is 0 Å². The number of carbonyl (C=O) groups is 2. The Morgan fingerprint density at radius 2 is 1.92 bits per heavy atom. The Morgan fingerprint density at radius 3 is 2.72 bits per heavy atom. The molecule has 1 aliphatic heterocycles. The van der Waals surface area contributed by atoms with E-state index >= 15 is 0 Å². The zero-order valence-electron chi connectivity index (χ0n) is 14.1. The highest BCUT2D eigenvalue weighted by Gasteiger charge is 2.29. The van der Waals surface area contributed by atoms with Crippen LogP contribution < -0.4 is 14.8 Å². The van der Waals surface area contributed by atoms with Gasteiger partial charge in [0.2, 0.25) is 6.10 Å². The highest BCUT2D eigenvalue weighted by Crippen LogP contribution is 2.31. The van der Waals surface area contributed by atoms with Gasteiger partial charge in [-0.15, -0.1) is 0 Å². The van der Waals surface area contributed by atoms with E-state index in [1.807, 2.05) is 38.1 Å². The van der Waals surface area contributed by atoms with Gasteiger partial charge in [-0.1, -0.05) is 24.3 Å². The second kappa shape index (κ2) is 7.25. The van der Waals surface area contributed by atoms with E-state index in [0.717, 1.165) is 11.1 Å². The van der Waals surface area contributed by atoms with Crippen molar-refractivity contribution in [2.45, 2.75) is 20.0 Å². The van der Waals surface area contributed by atoms with Gasteiger partial charge in [0.25, 0.3) is 5.91 Å². The molecule has 0 bridgehead atoms. The predicted molar refractivity (Wildman–Crippen MR) is 91.9 cm³/mol. The lowest BCUT2D eigenvalue weighted by Gasteiger charge is -2.24. The van der Waals surface area contributed by atoms with Crippen LogP contribution in [-0.2, 0) is 14.3 Å². The molecule has 0 aromatic heterocycles. The summed E-state index contributed by atoms with van der Waals surface area (Å²) in [5.74, 6) is 0.0274. The molecule has 0 saturated heterocycles. The van der Waals surface area contributed by atoms with Gasteiger partial charge in [-0.3, -0.25) is 4.79 Å². The topological polar surface area (TPSA) is 73.9 Å². The Labute approximate surface area is 145 Å². The molecule has 0 radical (unpaired) electrons. The maximum Gasteiger partial charge on any atom is 0.351 e. The fourth-order valence-corrected chi connectivity index (χ4v) is 2.42. The third kappa shape index (κ3) is 4.09. The molecule has 0 spiro atoms. The summed E-state index contributed by atoms with van der Waals surface area (Å²) in [4.78, 5) is 24.1. The molecule has 6 nitrogen and oxygen atoms in total. The van der Waals surface area contributed by atoms with Crippen LogP contribution in [0.5, 0.6) is 11.5 Å². The Kier molecular flexibility index (Phi) is 4.88. The fraction of sp³-hybridized carbons (Fsp3) is 0.263. The third-order valence-corrected chi connectivity index (χ3v) is 3.78. The number of anilines is 1. The minimum absolute atomic E-state index is 0.0501. The van der Waals surface area contributed by atoms with Crippen molar-refractivity contribution in [1.82, 2.24) is 0 Å². The van der Waals surface area contributed by atoms with E-state index < -0.39 is 18.0 Å². The third-order valence-electron chi connectivity index (χ3n) is 3.78. The van der Waals surface area contributed by atoms with Gasteiger partial charge in [-0.25, -0.2) is 4.79 Å². The van der Waals surface area contributed by atoms with Crippen molar-refractivity contribution in [3.05, 3.63) is 53.6 Å². The molecule has 1 N–H and O–H groups in total. The van der Waals surface area contributed by atoms with Crippen molar-refractivity contribution in [1.29, 1.82) is 0 Å². The first-order valence-corrected chi connectivity index (χ1v) is 7.95. The number of para-hydroxylation sites is 2. The minimum atomic E-state index is -0.886. The summed E-state index contributed by atoms with van der Waals surface area (Å²) in [7, 11) is 0. The average molecular weight is 341 g/mol. The van der Waals surface area contributed by atoms with Crippen LogP contribution in [0.4, 0.5) is 5.69 Å². The van der Waals surface area contributed by atoms with Crippen LogP contribution in [-0.4, -0.2) is 31.2 Å². The van der Waals surface area contributed by atoms with Crippen molar-refractivity contribution in [3.63, 3.8) is 0 Å². The van der Waals surface area contributed by atoms with E-state index in [2.05, 4.69) is 5.32 Å². The molecular weight excluding hydrogens is 322 g/mol. The first-order valence-electron chi connectivity index (χ1n) is 7.95. The summed E-state index contributed by atoms with van der Waals surface area (Å²) >= 11 is 0. The van der Waals surface area contributed by atoms with Crippen LogP contribution in [0.25, 0.3) is 0 Å². The number of hydrogen-bond donors (Lipinski definition) is 1. The number of aryl methyl sites for hydroxylation is 2. The van der Waals surface area contributed by atoms with Crippen molar-refractivity contribution in [3.8, 4) is 11.5 Å². The second-order valence-corrected chi connectivity index (χ2v) is 5.84. The van der Waals surface area contributed by atoms with Crippen molar-refractivity contribution < 1.29 is 23.8 Å². The number of benzene rings is 2. The molecule has 1 atom stereocenters. The molecule has 1 heterocycles. The average Bonchev–Trinajstić information content (AvgIpc) is 2.62. The quantitative estimate of drug-likeness (QED) is 0.866. The van der Waals surface area contributed by atoms with Gasteiger partial charge in [0.15, 0.2) is 18.1 Å². The maximum absolute atomic E-state index is 12.1. The Hall–Kier alpha value is -3.02. The molecular formula is C19H19NO5. The molecule has 25 heavy (non-hydrogen) atoms. The normalized spacial score (nSPS) is 15.4. The summed E-state index contributed by atoms with van der Waals surface area (Å²) in [6.07, 6.45) is -0.886. The molecule has 0 aliphatic carbocycles. The highest BCUT2D eigenvalue weighted by atomic mass is 16.6. The molecule has 1 aliphatic rings. The largest absolute Gasteiger partial charge is 0.485 e. The van der Waals surface area contributed by atoms with Crippen LogP contribution in [0, 0.1) is 13.8 Å². The van der Waals surface area contributed by atoms with Crippen LogP contribution in [0.1, 0.15) is 11.1 Å². The SMILES string of the molecule is Cc1ccc(C)c(NC(=O)COC(=O)[C@H]2COc3ccccc3O2)c1. The lowest BCUT2D eigenvalue weighted by atomic mass is 10.1. The van der Waals surface area contributed by atoms with Crippen molar-refractivity contribution in [2.75, 3.05) is 18.5 Å². The van der Waals surface area contributed by atoms with Crippen LogP contribution in [0.15, 0.2) is 42.5 Å². The molecule has 2 aromatic carbocycles. The maximum atomic E-state index is 12.1. The number of hydrogen-bond acceptors (Lipinski definition) is 5. The fourth-order valence-electron chi connectivity index (χ4n) is 2.42. The molecule has 0 fully saturated rings. The van der Waals surface area contributed by atoms with Gasteiger partial charge < -0.3 is 19.5 Å². The number of ether oxygens (including phenoxy) is 3. The lowest BCUT2D eigenvalue weighted by Crippen LogP contribution is -2.39. The van der Waals surface area contributed by atoms with Gasteiger partial charge in [0.1, 0.15) is 6.61 Å². The summed E-state index contributed by atoms with van der Waals surface area (Å²) < 4.78 is 16.1. The standard InChI is InChI=1S/C19H19NO5/c1-12-7-8-13(2)14(9-12)20-18(21)11-24-19(22)17-10-23-15-5-3-4-6-16(15)25-17/h3-9,17H,10-11H2,1-2H3,(H,20,21)/t17-/m1/s1. The number of nitrogens with one attached hydrogen (secondary N) is 1.